The van der Waals surface area contributed by atoms with Crippen molar-refractivity contribution in [2.75, 3.05) is 13.2 Å². The van der Waals surface area contributed by atoms with E-state index in [1.807, 2.05) is 30.3 Å². The summed E-state index contributed by atoms with van der Waals surface area (Å²) in [5, 5.41) is 7.89. The fourth-order valence-corrected chi connectivity index (χ4v) is 3.66. The van der Waals surface area contributed by atoms with Crippen molar-refractivity contribution in [1.29, 1.82) is 0 Å². The van der Waals surface area contributed by atoms with Crippen molar-refractivity contribution < 1.29 is 9.53 Å². The highest BCUT2D eigenvalue weighted by Crippen LogP contribution is 2.22. The van der Waals surface area contributed by atoms with Crippen LogP contribution in [0.15, 0.2) is 30.3 Å². The Morgan fingerprint density at radius 3 is 2.85 bits per heavy atom. The molecule has 1 unspecified atom stereocenters. The molecule has 0 fully saturated rings. The molecule has 1 amide bonds. The smallest absolute Gasteiger partial charge is 0.227 e. The van der Waals surface area contributed by atoms with Gasteiger partial charge in [-0.3, -0.25) is 9.48 Å². The number of carbonyl (C=O) groups excluding carboxylic acids is 1. The van der Waals surface area contributed by atoms with Gasteiger partial charge in [0.1, 0.15) is 0 Å². The van der Waals surface area contributed by atoms with Crippen LogP contribution in [0.1, 0.15) is 55.1 Å². The van der Waals surface area contributed by atoms with Crippen LogP contribution < -0.4 is 5.32 Å². The van der Waals surface area contributed by atoms with E-state index in [0.29, 0.717) is 13.2 Å². The highest BCUT2D eigenvalue weighted by atomic mass is 16.5. The van der Waals surface area contributed by atoms with Crippen molar-refractivity contribution in [1.82, 2.24) is 15.1 Å². The lowest BCUT2D eigenvalue weighted by atomic mass is 9.95. The standard InChI is InChI=1S/C21H29N3O2/c1-3-13-24-20-11-14-26-15-18(20)19(23-24)10-12-22-21(25)17(4-2)16-8-6-5-7-9-16/h5-9,17H,3-4,10-15H2,1-2H3,(H,22,25). The minimum atomic E-state index is -0.0916. The fourth-order valence-electron chi connectivity index (χ4n) is 3.66. The van der Waals surface area contributed by atoms with E-state index in [1.54, 1.807) is 0 Å². The Morgan fingerprint density at radius 1 is 1.31 bits per heavy atom. The third kappa shape index (κ3) is 4.15. The van der Waals surface area contributed by atoms with Crippen LogP contribution in [0.5, 0.6) is 0 Å². The fraction of sp³-hybridized carbons (Fsp3) is 0.524. The van der Waals surface area contributed by atoms with Gasteiger partial charge in [0.25, 0.3) is 0 Å². The Hall–Kier alpha value is -2.14. The van der Waals surface area contributed by atoms with Crippen molar-refractivity contribution in [2.45, 2.75) is 58.6 Å². The van der Waals surface area contributed by atoms with Gasteiger partial charge in [0.15, 0.2) is 0 Å². The number of hydrogen-bond acceptors (Lipinski definition) is 3. The molecule has 1 aromatic carbocycles. The molecule has 0 bridgehead atoms. The van der Waals surface area contributed by atoms with Crippen molar-refractivity contribution in [3.8, 4) is 0 Å². The van der Waals surface area contributed by atoms with E-state index in [9.17, 15) is 4.79 Å². The number of nitrogens with zero attached hydrogens (tertiary/aromatic N) is 2. The molecule has 0 saturated carbocycles. The number of benzene rings is 1. The van der Waals surface area contributed by atoms with Crippen molar-refractivity contribution in [3.05, 3.63) is 52.8 Å². The van der Waals surface area contributed by atoms with Gasteiger partial charge < -0.3 is 10.1 Å². The maximum absolute atomic E-state index is 12.6. The monoisotopic (exact) mass is 355 g/mol. The number of hydrogen-bond donors (Lipinski definition) is 1. The minimum Gasteiger partial charge on any atom is -0.376 e. The third-order valence-electron chi connectivity index (χ3n) is 5.00. The zero-order chi connectivity index (χ0) is 18.4. The van der Waals surface area contributed by atoms with Crippen LogP contribution >= 0.6 is 0 Å². The van der Waals surface area contributed by atoms with Crippen LogP contribution in [-0.2, 0) is 35.5 Å². The summed E-state index contributed by atoms with van der Waals surface area (Å²) >= 11 is 0. The van der Waals surface area contributed by atoms with Crippen LogP contribution in [0.4, 0.5) is 0 Å². The van der Waals surface area contributed by atoms with Crippen LogP contribution in [0, 0.1) is 0 Å². The number of rotatable bonds is 8. The first kappa shape index (κ1) is 18.6. The van der Waals surface area contributed by atoms with Gasteiger partial charge in [-0.2, -0.15) is 5.10 Å². The molecule has 1 aliphatic heterocycles. The molecular formula is C21H29N3O2. The lowest BCUT2D eigenvalue weighted by Gasteiger charge is -2.16. The molecule has 1 N–H and O–H groups in total. The summed E-state index contributed by atoms with van der Waals surface area (Å²) in [6.07, 6.45) is 3.55. The Labute approximate surface area is 155 Å². The summed E-state index contributed by atoms with van der Waals surface area (Å²) in [5.41, 5.74) is 4.69. The van der Waals surface area contributed by atoms with Gasteiger partial charge in [0.2, 0.25) is 5.91 Å². The molecule has 26 heavy (non-hydrogen) atoms. The molecule has 2 heterocycles. The number of aromatic nitrogens is 2. The molecule has 1 atom stereocenters. The van der Waals surface area contributed by atoms with Gasteiger partial charge in [-0.1, -0.05) is 44.2 Å². The molecule has 0 aliphatic carbocycles. The molecule has 2 aromatic rings. The summed E-state index contributed by atoms with van der Waals surface area (Å²) in [4.78, 5) is 12.6. The molecule has 0 saturated heterocycles. The van der Waals surface area contributed by atoms with Gasteiger partial charge in [0, 0.05) is 37.2 Å². The van der Waals surface area contributed by atoms with Crippen LogP contribution in [0.25, 0.3) is 0 Å². The van der Waals surface area contributed by atoms with Gasteiger partial charge in [-0.05, 0) is 18.4 Å². The number of fused-ring (bicyclic) bond motifs is 1. The molecule has 0 spiro atoms. The van der Waals surface area contributed by atoms with E-state index in [1.165, 1.54) is 11.3 Å². The van der Waals surface area contributed by atoms with Crippen LogP contribution in [0.2, 0.25) is 0 Å². The summed E-state index contributed by atoms with van der Waals surface area (Å²) in [6.45, 7) is 7.19. The van der Waals surface area contributed by atoms with Crippen LogP contribution in [-0.4, -0.2) is 28.8 Å². The molecule has 140 valence electrons. The topological polar surface area (TPSA) is 56.2 Å². The minimum absolute atomic E-state index is 0.0916. The number of carbonyl (C=O) groups is 1. The average molecular weight is 355 g/mol. The predicted molar refractivity (Wildman–Crippen MR) is 102 cm³/mol. The number of ether oxygens (including phenoxy) is 1. The van der Waals surface area contributed by atoms with Crippen molar-refractivity contribution in [2.24, 2.45) is 0 Å². The van der Waals surface area contributed by atoms with Gasteiger partial charge in [-0.25, -0.2) is 0 Å². The third-order valence-corrected chi connectivity index (χ3v) is 5.00. The Morgan fingerprint density at radius 2 is 2.12 bits per heavy atom. The summed E-state index contributed by atoms with van der Waals surface area (Å²) in [5.74, 6) is 0.00269. The summed E-state index contributed by atoms with van der Waals surface area (Å²) < 4.78 is 7.76. The highest BCUT2D eigenvalue weighted by molar-refractivity contribution is 5.83. The lowest BCUT2D eigenvalue weighted by Crippen LogP contribution is -2.31. The molecule has 3 rings (SSSR count). The first-order chi connectivity index (χ1) is 12.7. The SMILES string of the molecule is CCCn1nc(CCNC(=O)C(CC)c2ccccc2)c2c1CCOC2. The van der Waals surface area contributed by atoms with Gasteiger partial charge in [-0.15, -0.1) is 0 Å². The predicted octanol–water partition coefficient (Wildman–Crippen LogP) is 3.22. The largest absolute Gasteiger partial charge is 0.376 e. The average Bonchev–Trinajstić information content (AvgIpc) is 3.02. The van der Waals surface area contributed by atoms with Crippen molar-refractivity contribution >= 4 is 5.91 Å². The maximum atomic E-state index is 12.6. The quantitative estimate of drug-likeness (QED) is 0.791. The Kier molecular flexibility index (Phi) is 6.45. The number of amides is 1. The maximum Gasteiger partial charge on any atom is 0.227 e. The normalized spacial score (nSPS) is 14.7. The molecule has 1 aromatic heterocycles. The van der Waals surface area contributed by atoms with E-state index >= 15 is 0 Å². The second-order valence-corrected chi connectivity index (χ2v) is 6.81. The molecule has 5 nitrogen and oxygen atoms in total. The number of aryl methyl sites for hydroxylation is 1. The highest BCUT2D eigenvalue weighted by Gasteiger charge is 2.22. The summed E-state index contributed by atoms with van der Waals surface area (Å²) in [7, 11) is 0. The molecule has 5 heteroatoms. The molecular weight excluding hydrogens is 326 g/mol. The van der Waals surface area contributed by atoms with E-state index in [0.717, 1.165) is 50.1 Å². The van der Waals surface area contributed by atoms with E-state index in [2.05, 4.69) is 23.8 Å². The molecule has 1 aliphatic rings. The zero-order valence-corrected chi connectivity index (χ0v) is 15.8. The van der Waals surface area contributed by atoms with Crippen LogP contribution in [0.3, 0.4) is 0 Å². The Balaban J connectivity index is 1.62. The lowest BCUT2D eigenvalue weighted by molar-refractivity contribution is -0.122. The second kappa shape index (κ2) is 8.99. The second-order valence-electron chi connectivity index (χ2n) is 6.81. The van der Waals surface area contributed by atoms with Gasteiger partial charge in [0.05, 0.1) is 24.8 Å². The van der Waals surface area contributed by atoms with E-state index in [-0.39, 0.29) is 11.8 Å². The first-order valence-corrected chi connectivity index (χ1v) is 9.72. The van der Waals surface area contributed by atoms with Crippen molar-refractivity contribution in [3.63, 3.8) is 0 Å². The van der Waals surface area contributed by atoms with E-state index < -0.39 is 0 Å². The first-order valence-electron chi connectivity index (χ1n) is 9.72. The molecule has 0 radical (unpaired) electrons. The zero-order valence-electron chi connectivity index (χ0n) is 15.8. The summed E-state index contributed by atoms with van der Waals surface area (Å²) in [6, 6.07) is 9.99. The van der Waals surface area contributed by atoms with Gasteiger partial charge >= 0.3 is 0 Å². The van der Waals surface area contributed by atoms with E-state index in [4.69, 9.17) is 9.84 Å². The Bertz CT molecular complexity index is 724. The number of nitrogens with one attached hydrogen (secondary N) is 1.